The van der Waals surface area contributed by atoms with E-state index in [2.05, 4.69) is 61.7 Å². The Bertz CT molecular complexity index is 1160. The van der Waals surface area contributed by atoms with Crippen molar-refractivity contribution in [2.45, 2.75) is 46.8 Å². The lowest BCUT2D eigenvalue weighted by Gasteiger charge is -2.13. The van der Waals surface area contributed by atoms with Gasteiger partial charge < -0.3 is 14.0 Å². The van der Waals surface area contributed by atoms with Crippen LogP contribution in [-0.2, 0) is 13.2 Å². The van der Waals surface area contributed by atoms with E-state index in [0.29, 0.717) is 13.2 Å². The summed E-state index contributed by atoms with van der Waals surface area (Å²) >= 11 is 0. The molecule has 0 amide bonds. The van der Waals surface area contributed by atoms with E-state index < -0.39 is 0 Å². The van der Waals surface area contributed by atoms with Gasteiger partial charge in [-0.1, -0.05) is 42.5 Å². The highest BCUT2D eigenvalue weighted by Crippen LogP contribution is 2.22. The Morgan fingerprint density at radius 1 is 0.742 bits per heavy atom. The van der Waals surface area contributed by atoms with E-state index in [1.165, 1.54) is 11.1 Å². The molecule has 0 fully saturated rings. The first-order chi connectivity index (χ1) is 15.1. The molecular formula is C27H30N2O2. The third-order valence-corrected chi connectivity index (χ3v) is 5.77. The van der Waals surface area contributed by atoms with Crippen LogP contribution >= 0.6 is 0 Å². The van der Waals surface area contributed by atoms with Crippen molar-refractivity contribution >= 4 is 11.0 Å². The quantitative estimate of drug-likeness (QED) is 0.297. The zero-order valence-electron chi connectivity index (χ0n) is 18.6. The first-order valence-electron chi connectivity index (χ1n) is 10.9. The molecule has 0 N–H and O–H groups in total. The Kier molecular flexibility index (Phi) is 6.56. The van der Waals surface area contributed by atoms with Crippen LogP contribution in [0.15, 0.2) is 66.7 Å². The summed E-state index contributed by atoms with van der Waals surface area (Å²) in [6.07, 6.45) is 2.00. The van der Waals surface area contributed by atoms with E-state index in [9.17, 15) is 0 Å². The first kappa shape index (κ1) is 21.0. The number of hydrogen-bond donors (Lipinski definition) is 0. The van der Waals surface area contributed by atoms with Crippen LogP contribution in [0.1, 0.15) is 35.4 Å². The number of hydrogen-bond acceptors (Lipinski definition) is 3. The molecule has 0 bridgehead atoms. The van der Waals surface area contributed by atoms with Crippen molar-refractivity contribution in [1.29, 1.82) is 0 Å². The summed E-state index contributed by atoms with van der Waals surface area (Å²) in [5, 5.41) is 0. The van der Waals surface area contributed by atoms with Crippen LogP contribution in [0.4, 0.5) is 0 Å². The fraction of sp³-hybridized carbons (Fsp3) is 0.296. The molecule has 0 aliphatic rings. The average molecular weight is 415 g/mol. The third-order valence-electron chi connectivity index (χ3n) is 5.77. The maximum absolute atomic E-state index is 6.09. The molecule has 4 nitrogen and oxygen atoms in total. The average Bonchev–Trinajstić information content (AvgIpc) is 3.13. The van der Waals surface area contributed by atoms with Gasteiger partial charge in [0.1, 0.15) is 23.9 Å². The lowest BCUT2D eigenvalue weighted by Crippen LogP contribution is -2.09. The summed E-state index contributed by atoms with van der Waals surface area (Å²) < 4.78 is 14.4. The van der Waals surface area contributed by atoms with Crippen molar-refractivity contribution in [3.63, 3.8) is 0 Å². The Labute approximate surface area is 184 Å². The maximum Gasteiger partial charge on any atom is 0.147 e. The van der Waals surface area contributed by atoms with Crippen LogP contribution in [-0.4, -0.2) is 16.2 Å². The van der Waals surface area contributed by atoms with Crippen molar-refractivity contribution in [3.8, 4) is 11.5 Å². The predicted molar refractivity (Wildman–Crippen MR) is 126 cm³/mol. The Morgan fingerprint density at radius 2 is 1.48 bits per heavy atom. The highest BCUT2D eigenvalue weighted by Gasteiger charge is 2.11. The van der Waals surface area contributed by atoms with Gasteiger partial charge in [-0.25, -0.2) is 4.98 Å². The molecule has 4 heteroatoms. The lowest BCUT2D eigenvalue weighted by atomic mass is 10.1. The number of nitrogens with zero attached hydrogens (tertiary/aromatic N) is 2. The molecule has 3 aromatic carbocycles. The molecule has 0 spiro atoms. The number of aromatic nitrogens is 2. The number of aryl methyl sites for hydroxylation is 3. The first-order valence-corrected chi connectivity index (χ1v) is 10.9. The van der Waals surface area contributed by atoms with E-state index in [1.54, 1.807) is 0 Å². The Balaban J connectivity index is 1.40. The zero-order chi connectivity index (χ0) is 21.6. The molecule has 4 aromatic rings. The number of imidazole rings is 1. The smallest absolute Gasteiger partial charge is 0.147 e. The van der Waals surface area contributed by atoms with Gasteiger partial charge in [0, 0.05) is 6.54 Å². The fourth-order valence-electron chi connectivity index (χ4n) is 3.78. The number of benzene rings is 3. The van der Waals surface area contributed by atoms with Crippen LogP contribution in [0.2, 0.25) is 0 Å². The van der Waals surface area contributed by atoms with Gasteiger partial charge in [0.15, 0.2) is 0 Å². The van der Waals surface area contributed by atoms with Crippen LogP contribution in [0.25, 0.3) is 11.0 Å². The van der Waals surface area contributed by atoms with Gasteiger partial charge in [-0.05, 0) is 74.6 Å². The van der Waals surface area contributed by atoms with Crippen LogP contribution in [0, 0.1) is 20.8 Å². The van der Waals surface area contributed by atoms with Crippen molar-refractivity contribution in [1.82, 2.24) is 9.55 Å². The molecule has 0 radical (unpaired) electrons. The molecule has 0 saturated heterocycles. The van der Waals surface area contributed by atoms with Gasteiger partial charge in [-0.2, -0.15) is 0 Å². The van der Waals surface area contributed by atoms with Crippen LogP contribution in [0.5, 0.6) is 11.5 Å². The summed E-state index contributed by atoms with van der Waals surface area (Å²) in [5.74, 6) is 2.85. The summed E-state index contributed by atoms with van der Waals surface area (Å²) in [6.45, 7) is 8.36. The number of unbranched alkanes of at least 4 members (excludes halogenated alkanes) is 1. The SMILES string of the molecule is Cc1ccccc1OCc1nc2ccccc2n1CCCCOc1cccc(C)c1C. The van der Waals surface area contributed by atoms with Crippen LogP contribution < -0.4 is 9.47 Å². The van der Waals surface area contributed by atoms with E-state index in [0.717, 1.165) is 53.3 Å². The lowest BCUT2D eigenvalue weighted by molar-refractivity contribution is 0.283. The summed E-state index contributed by atoms with van der Waals surface area (Å²) in [7, 11) is 0. The molecule has 0 aliphatic carbocycles. The van der Waals surface area contributed by atoms with Crippen molar-refractivity contribution in [3.05, 3.63) is 89.2 Å². The second kappa shape index (κ2) is 9.69. The highest BCUT2D eigenvalue weighted by molar-refractivity contribution is 5.75. The van der Waals surface area contributed by atoms with Crippen LogP contribution in [0.3, 0.4) is 0 Å². The Hall–Kier alpha value is -3.27. The molecule has 0 saturated carbocycles. The molecule has 4 rings (SSSR count). The van der Waals surface area contributed by atoms with E-state index in [1.807, 2.05) is 30.3 Å². The molecule has 160 valence electrons. The standard InChI is InChI=1S/C27H30N2O2/c1-20-12-10-16-26(22(20)3)30-18-9-8-17-29-24-14-6-5-13-23(24)28-27(29)19-31-25-15-7-4-11-21(25)2/h4-7,10-16H,8-9,17-19H2,1-3H3. The largest absolute Gasteiger partial charge is 0.493 e. The third kappa shape index (κ3) is 4.91. The minimum Gasteiger partial charge on any atom is -0.493 e. The topological polar surface area (TPSA) is 36.3 Å². The molecule has 0 atom stereocenters. The fourth-order valence-corrected chi connectivity index (χ4v) is 3.78. The molecular weight excluding hydrogens is 384 g/mol. The number of rotatable bonds is 9. The van der Waals surface area contributed by atoms with E-state index in [4.69, 9.17) is 14.5 Å². The summed E-state index contributed by atoms with van der Waals surface area (Å²) in [6, 6.07) is 22.6. The monoisotopic (exact) mass is 414 g/mol. The van der Waals surface area contributed by atoms with Crippen molar-refractivity contribution < 1.29 is 9.47 Å². The van der Waals surface area contributed by atoms with E-state index >= 15 is 0 Å². The second-order valence-electron chi connectivity index (χ2n) is 7.98. The van der Waals surface area contributed by atoms with Crippen molar-refractivity contribution in [2.24, 2.45) is 0 Å². The number of para-hydroxylation sites is 3. The zero-order valence-corrected chi connectivity index (χ0v) is 18.6. The van der Waals surface area contributed by atoms with Gasteiger partial charge in [-0.15, -0.1) is 0 Å². The molecule has 0 unspecified atom stereocenters. The summed E-state index contributed by atoms with van der Waals surface area (Å²) in [5.41, 5.74) is 5.78. The molecule has 1 aromatic heterocycles. The second-order valence-corrected chi connectivity index (χ2v) is 7.98. The van der Waals surface area contributed by atoms with Gasteiger partial charge >= 0.3 is 0 Å². The molecule has 0 aliphatic heterocycles. The normalized spacial score (nSPS) is 11.1. The molecule has 1 heterocycles. The van der Waals surface area contributed by atoms with Gasteiger partial charge in [0.25, 0.3) is 0 Å². The van der Waals surface area contributed by atoms with Gasteiger partial charge in [-0.3, -0.25) is 0 Å². The van der Waals surface area contributed by atoms with Crippen molar-refractivity contribution in [2.75, 3.05) is 6.61 Å². The number of fused-ring (bicyclic) bond motifs is 1. The van der Waals surface area contributed by atoms with Gasteiger partial charge in [0.05, 0.1) is 17.6 Å². The minimum atomic E-state index is 0.457. The molecule has 31 heavy (non-hydrogen) atoms. The summed E-state index contributed by atoms with van der Waals surface area (Å²) in [4.78, 5) is 4.83. The minimum absolute atomic E-state index is 0.457. The predicted octanol–water partition coefficient (Wildman–Crippen LogP) is 6.40. The van der Waals surface area contributed by atoms with Gasteiger partial charge in [0.2, 0.25) is 0 Å². The Morgan fingerprint density at radius 3 is 2.35 bits per heavy atom. The van der Waals surface area contributed by atoms with E-state index in [-0.39, 0.29) is 0 Å². The maximum atomic E-state index is 6.09. The highest BCUT2D eigenvalue weighted by atomic mass is 16.5. The number of ether oxygens (including phenoxy) is 2.